The van der Waals surface area contributed by atoms with Crippen molar-refractivity contribution in [3.63, 3.8) is 0 Å². The van der Waals surface area contributed by atoms with Gasteiger partial charge in [0.1, 0.15) is 23.9 Å². The van der Waals surface area contributed by atoms with Gasteiger partial charge in [0.15, 0.2) is 4.34 Å². The lowest BCUT2D eigenvalue weighted by Crippen LogP contribution is -2.29. The molecule has 0 saturated carbocycles. The van der Waals surface area contributed by atoms with Gasteiger partial charge >= 0.3 is 5.91 Å². The van der Waals surface area contributed by atoms with Gasteiger partial charge in [-0.15, -0.1) is 10.2 Å². The third kappa shape index (κ3) is 6.06. The van der Waals surface area contributed by atoms with Crippen LogP contribution in [0.3, 0.4) is 0 Å². The number of thioether (sulfide) groups is 1. The van der Waals surface area contributed by atoms with E-state index in [-0.39, 0.29) is 22.3 Å². The molecule has 43 heavy (non-hydrogen) atoms. The number of ketones is 1. The molecule has 0 aliphatic carbocycles. The van der Waals surface area contributed by atoms with E-state index in [0.29, 0.717) is 39.1 Å². The van der Waals surface area contributed by atoms with Gasteiger partial charge in [0.25, 0.3) is 5.78 Å². The Hall–Kier alpha value is -4.80. The summed E-state index contributed by atoms with van der Waals surface area (Å²) >= 11 is 2.39. The molecule has 10 heteroatoms. The molecule has 1 unspecified atom stereocenters. The lowest BCUT2D eigenvalue weighted by Gasteiger charge is -2.23. The van der Waals surface area contributed by atoms with Crippen LogP contribution in [0.1, 0.15) is 28.3 Å². The van der Waals surface area contributed by atoms with E-state index in [1.807, 2.05) is 30.3 Å². The molecule has 214 valence electrons. The minimum atomic E-state index is -0.988. The van der Waals surface area contributed by atoms with Crippen molar-refractivity contribution < 1.29 is 23.8 Å². The van der Waals surface area contributed by atoms with E-state index in [9.17, 15) is 19.1 Å². The summed E-state index contributed by atoms with van der Waals surface area (Å²) in [5, 5.41) is 20.0. The van der Waals surface area contributed by atoms with Crippen molar-refractivity contribution in [3.8, 4) is 5.75 Å². The monoisotopic (exact) mass is 609 g/mol. The van der Waals surface area contributed by atoms with Crippen molar-refractivity contribution in [1.82, 2.24) is 10.2 Å². The third-order valence-electron chi connectivity index (χ3n) is 6.82. The number of carbonyl (C=O) groups excluding carboxylic acids is 2. The molecule has 1 fully saturated rings. The first-order chi connectivity index (χ1) is 21.0. The maximum Gasteiger partial charge on any atom is 0.301 e. The van der Waals surface area contributed by atoms with Crippen molar-refractivity contribution in [2.45, 2.75) is 22.7 Å². The number of halogens is 1. The van der Waals surface area contributed by atoms with Crippen LogP contribution in [0.15, 0.2) is 119 Å². The quantitative estimate of drug-likeness (QED) is 0.0623. The molecular weight excluding hydrogens is 586 g/mol. The van der Waals surface area contributed by atoms with Crippen molar-refractivity contribution in [1.29, 1.82) is 0 Å². The predicted octanol–water partition coefficient (Wildman–Crippen LogP) is 7.17. The lowest BCUT2D eigenvalue weighted by atomic mass is 9.95. The van der Waals surface area contributed by atoms with Crippen LogP contribution in [-0.4, -0.2) is 27.0 Å². The van der Waals surface area contributed by atoms with E-state index in [1.54, 1.807) is 72.8 Å². The standard InChI is InChI=1S/C33H24FN3O4S2/c34-26-17-8-7-14-24(26)20-42-33-36-35-32(43-33)37-28(27(30(39)31(37)40)29(38)22-12-5-2-6-13-22)23-15-9-16-25(18-23)41-19-21-10-3-1-4-11-21/h1-18,28,38H,19-20H2/b29-27+. The molecular formula is C33H24FN3O4S2. The predicted molar refractivity (Wildman–Crippen MR) is 164 cm³/mol. The van der Waals surface area contributed by atoms with Crippen molar-refractivity contribution in [2.75, 3.05) is 4.90 Å². The molecule has 2 heterocycles. The van der Waals surface area contributed by atoms with Crippen LogP contribution in [-0.2, 0) is 21.9 Å². The number of rotatable bonds is 9. The van der Waals surface area contributed by atoms with Gasteiger partial charge in [-0.3, -0.25) is 14.5 Å². The zero-order valence-electron chi connectivity index (χ0n) is 22.6. The van der Waals surface area contributed by atoms with E-state index in [1.165, 1.54) is 22.7 Å². The highest BCUT2D eigenvalue weighted by atomic mass is 32.2. The molecule has 5 aromatic rings. The number of anilines is 1. The molecule has 1 aliphatic rings. The zero-order valence-corrected chi connectivity index (χ0v) is 24.2. The van der Waals surface area contributed by atoms with Crippen LogP contribution in [0, 0.1) is 5.82 Å². The number of hydrogen-bond donors (Lipinski definition) is 1. The smallest absolute Gasteiger partial charge is 0.301 e. The number of hydrogen-bond acceptors (Lipinski definition) is 8. The van der Waals surface area contributed by atoms with Gasteiger partial charge in [-0.1, -0.05) is 114 Å². The minimum absolute atomic E-state index is 0.0628. The molecule has 1 aromatic heterocycles. The lowest BCUT2D eigenvalue weighted by molar-refractivity contribution is -0.132. The van der Waals surface area contributed by atoms with Crippen LogP contribution < -0.4 is 9.64 Å². The molecule has 0 radical (unpaired) electrons. The number of benzene rings is 4. The Labute approximate surface area is 255 Å². The van der Waals surface area contributed by atoms with Crippen LogP contribution in [0.5, 0.6) is 5.75 Å². The average Bonchev–Trinajstić information content (AvgIpc) is 3.62. The second-order valence-corrected chi connectivity index (χ2v) is 11.8. The Kier molecular flexibility index (Phi) is 8.30. The summed E-state index contributed by atoms with van der Waals surface area (Å²) in [7, 11) is 0. The van der Waals surface area contributed by atoms with Crippen molar-refractivity contribution in [2.24, 2.45) is 0 Å². The highest BCUT2D eigenvalue weighted by molar-refractivity contribution is 8.00. The van der Waals surface area contributed by atoms with Crippen LogP contribution in [0.25, 0.3) is 5.76 Å². The molecule has 1 amide bonds. The van der Waals surface area contributed by atoms with Crippen molar-refractivity contribution >= 4 is 45.7 Å². The van der Waals surface area contributed by atoms with Gasteiger partial charge in [-0.2, -0.15) is 0 Å². The second-order valence-electron chi connectivity index (χ2n) is 9.61. The number of aromatic nitrogens is 2. The van der Waals surface area contributed by atoms with Crippen LogP contribution in [0.2, 0.25) is 0 Å². The maximum atomic E-state index is 14.1. The van der Waals surface area contributed by atoms with E-state index in [4.69, 9.17) is 4.74 Å². The Bertz CT molecular complexity index is 1810. The Morgan fingerprint density at radius 3 is 2.40 bits per heavy atom. The zero-order chi connectivity index (χ0) is 29.8. The summed E-state index contributed by atoms with van der Waals surface area (Å²) in [6.07, 6.45) is 0. The van der Waals surface area contributed by atoms with Gasteiger partial charge in [0.2, 0.25) is 5.13 Å². The first-order valence-electron chi connectivity index (χ1n) is 13.3. The fourth-order valence-corrected chi connectivity index (χ4v) is 6.58. The molecule has 4 aromatic carbocycles. The summed E-state index contributed by atoms with van der Waals surface area (Å²) in [5.41, 5.74) is 2.39. The summed E-state index contributed by atoms with van der Waals surface area (Å²) < 4.78 is 20.7. The first-order valence-corrected chi connectivity index (χ1v) is 15.1. The second kappa shape index (κ2) is 12.6. The van der Waals surface area contributed by atoms with Gasteiger partial charge in [0, 0.05) is 11.3 Å². The van der Waals surface area contributed by atoms with Crippen LogP contribution >= 0.6 is 23.1 Å². The Morgan fingerprint density at radius 2 is 1.63 bits per heavy atom. The number of nitrogens with zero attached hydrogens (tertiary/aromatic N) is 3. The summed E-state index contributed by atoms with van der Waals surface area (Å²) in [6.45, 7) is 0.327. The number of ether oxygens (including phenoxy) is 1. The molecule has 7 nitrogen and oxygen atoms in total. The molecule has 0 spiro atoms. The maximum absolute atomic E-state index is 14.1. The summed E-state index contributed by atoms with van der Waals surface area (Å²) in [4.78, 5) is 28.3. The number of aliphatic hydroxyl groups excluding tert-OH is 1. The highest BCUT2D eigenvalue weighted by Crippen LogP contribution is 2.44. The number of amides is 1. The topological polar surface area (TPSA) is 92.6 Å². The highest BCUT2D eigenvalue weighted by Gasteiger charge is 2.48. The van der Waals surface area contributed by atoms with Gasteiger partial charge in [0.05, 0.1) is 11.6 Å². The van der Waals surface area contributed by atoms with E-state index >= 15 is 0 Å². The summed E-state index contributed by atoms with van der Waals surface area (Å²) in [6, 6.07) is 30.9. The molecule has 0 bridgehead atoms. The molecule has 1 saturated heterocycles. The largest absolute Gasteiger partial charge is 0.507 e. The molecule has 6 rings (SSSR count). The SMILES string of the molecule is O=C1C(=O)N(c2nnc(SCc3ccccc3F)s2)C(c2cccc(OCc3ccccc3)c2)/C1=C(\O)c1ccccc1. The molecule has 1 atom stereocenters. The summed E-state index contributed by atoms with van der Waals surface area (Å²) in [5.74, 6) is -1.43. The average molecular weight is 610 g/mol. The minimum Gasteiger partial charge on any atom is -0.507 e. The third-order valence-corrected chi connectivity index (χ3v) is 8.93. The number of aliphatic hydroxyl groups is 1. The van der Waals surface area contributed by atoms with Crippen molar-refractivity contribution in [3.05, 3.63) is 143 Å². The normalized spacial score (nSPS) is 16.0. The van der Waals surface area contributed by atoms with Gasteiger partial charge in [-0.05, 0) is 34.9 Å². The number of Topliss-reactive ketones (excluding diaryl/α,β-unsaturated/α-hetero) is 1. The first kappa shape index (κ1) is 28.3. The fourth-order valence-electron chi connectivity index (χ4n) is 4.73. The number of carbonyl (C=O) groups is 2. The van der Waals surface area contributed by atoms with E-state index < -0.39 is 17.7 Å². The van der Waals surface area contributed by atoms with Gasteiger partial charge < -0.3 is 9.84 Å². The van der Waals surface area contributed by atoms with E-state index in [2.05, 4.69) is 10.2 Å². The molecule has 1 N–H and O–H groups in total. The molecule has 1 aliphatic heterocycles. The Morgan fingerprint density at radius 1 is 0.907 bits per heavy atom. The Balaban J connectivity index is 1.36. The van der Waals surface area contributed by atoms with Gasteiger partial charge in [-0.25, -0.2) is 4.39 Å². The fraction of sp³-hybridized carbons (Fsp3) is 0.0909. The van der Waals surface area contributed by atoms with E-state index in [0.717, 1.165) is 16.9 Å². The van der Waals surface area contributed by atoms with Crippen LogP contribution in [0.4, 0.5) is 9.52 Å².